The normalized spacial score (nSPS) is 11.3. The van der Waals surface area contributed by atoms with Crippen LogP contribution < -0.4 is 11.1 Å². The second-order valence-corrected chi connectivity index (χ2v) is 4.81. The Labute approximate surface area is 130 Å². The summed E-state index contributed by atoms with van der Waals surface area (Å²) < 4.78 is 37.8. The van der Waals surface area contributed by atoms with Gasteiger partial charge in [-0.1, -0.05) is 0 Å². The molecular weight excluding hydrogens is 311 g/mol. The van der Waals surface area contributed by atoms with Gasteiger partial charge in [0.05, 0.1) is 17.7 Å². The molecule has 3 N–H and O–H groups in total. The van der Waals surface area contributed by atoms with Crippen LogP contribution >= 0.6 is 0 Å². The number of nitrogens with two attached hydrogens (primary N) is 1. The number of nitrogens with one attached hydrogen (secondary N) is 1. The minimum atomic E-state index is -4.47. The van der Waals surface area contributed by atoms with Crippen LogP contribution in [0.3, 0.4) is 0 Å². The SMILES string of the molecule is Cc1ncc(CNC(=O)Cc2cc(C(F)(F)F)ccn2)c(N)n1. The third-order valence-electron chi connectivity index (χ3n) is 2.98. The molecule has 0 fully saturated rings. The zero-order valence-corrected chi connectivity index (χ0v) is 12.2. The predicted octanol–water partition coefficient (Wildman–Crippen LogP) is 1.64. The average molecular weight is 325 g/mol. The van der Waals surface area contributed by atoms with E-state index in [0.29, 0.717) is 11.4 Å². The zero-order chi connectivity index (χ0) is 17.0. The van der Waals surface area contributed by atoms with E-state index >= 15 is 0 Å². The number of carbonyl (C=O) groups excluding carboxylic acids is 1. The Morgan fingerprint density at radius 3 is 2.74 bits per heavy atom. The molecule has 2 aromatic heterocycles. The number of hydrogen-bond acceptors (Lipinski definition) is 5. The minimum Gasteiger partial charge on any atom is -0.383 e. The third-order valence-corrected chi connectivity index (χ3v) is 2.98. The predicted molar refractivity (Wildman–Crippen MR) is 76.0 cm³/mol. The Morgan fingerprint density at radius 2 is 2.09 bits per heavy atom. The summed E-state index contributed by atoms with van der Waals surface area (Å²) in [5, 5.41) is 2.55. The summed E-state index contributed by atoms with van der Waals surface area (Å²) in [6, 6.07) is 1.70. The highest BCUT2D eigenvalue weighted by molar-refractivity contribution is 5.78. The first-order chi connectivity index (χ1) is 10.8. The largest absolute Gasteiger partial charge is 0.416 e. The van der Waals surface area contributed by atoms with Crippen LogP contribution in [0.5, 0.6) is 0 Å². The number of carbonyl (C=O) groups is 1. The average Bonchev–Trinajstić information content (AvgIpc) is 2.45. The van der Waals surface area contributed by atoms with E-state index in [2.05, 4.69) is 20.3 Å². The Kier molecular flexibility index (Phi) is 4.77. The second kappa shape index (κ2) is 6.59. The van der Waals surface area contributed by atoms with Crippen molar-refractivity contribution in [1.29, 1.82) is 0 Å². The molecule has 0 aliphatic heterocycles. The molecule has 2 heterocycles. The van der Waals surface area contributed by atoms with E-state index < -0.39 is 17.6 Å². The summed E-state index contributed by atoms with van der Waals surface area (Å²) >= 11 is 0. The fourth-order valence-corrected chi connectivity index (χ4v) is 1.82. The van der Waals surface area contributed by atoms with Crippen molar-refractivity contribution in [1.82, 2.24) is 20.3 Å². The Hall–Kier alpha value is -2.71. The standard InChI is InChI=1S/C14H14F3N5O/c1-8-20-6-9(13(18)22-8)7-21-12(23)5-11-4-10(2-3-19-11)14(15,16)17/h2-4,6H,5,7H2,1H3,(H,21,23)(H2,18,20,22). The van der Waals surface area contributed by atoms with Crippen molar-refractivity contribution in [2.24, 2.45) is 0 Å². The van der Waals surface area contributed by atoms with Gasteiger partial charge in [0.1, 0.15) is 11.6 Å². The van der Waals surface area contributed by atoms with Crippen LogP contribution in [-0.4, -0.2) is 20.9 Å². The molecule has 0 unspecified atom stereocenters. The van der Waals surface area contributed by atoms with Crippen LogP contribution in [0.25, 0.3) is 0 Å². The maximum absolute atomic E-state index is 12.6. The van der Waals surface area contributed by atoms with Crippen molar-refractivity contribution in [3.63, 3.8) is 0 Å². The number of hydrogen-bond donors (Lipinski definition) is 2. The highest BCUT2D eigenvalue weighted by atomic mass is 19.4. The van der Waals surface area contributed by atoms with Crippen LogP contribution in [-0.2, 0) is 23.9 Å². The minimum absolute atomic E-state index is 0.0328. The molecule has 0 saturated carbocycles. The monoisotopic (exact) mass is 325 g/mol. The van der Waals surface area contributed by atoms with Gasteiger partial charge in [0.2, 0.25) is 5.91 Å². The number of amides is 1. The fraction of sp³-hybridized carbons (Fsp3) is 0.286. The Morgan fingerprint density at radius 1 is 1.35 bits per heavy atom. The summed E-state index contributed by atoms with van der Waals surface area (Å²) in [6.45, 7) is 1.77. The van der Waals surface area contributed by atoms with Crippen LogP contribution in [0, 0.1) is 6.92 Å². The van der Waals surface area contributed by atoms with Gasteiger partial charge in [-0.05, 0) is 19.1 Å². The Balaban J connectivity index is 1.97. The number of aryl methyl sites for hydroxylation is 1. The van der Waals surface area contributed by atoms with Gasteiger partial charge < -0.3 is 11.1 Å². The van der Waals surface area contributed by atoms with Crippen molar-refractivity contribution in [3.05, 3.63) is 47.2 Å². The summed E-state index contributed by atoms with van der Waals surface area (Å²) in [4.78, 5) is 23.5. The van der Waals surface area contributed by atoms with Gasteiger partial charge in [0, 0.05) is 24.5 Å². The molecule has 0 aromatic carbocycles. The number of anilines is 1. The number of aromatic nitrogens is 3. The smallest absolute Gasteiger partial charge is 0.383 e. The van der Waals surface area contributed by atoms with Crippen molar-refractivity contribution in [2.45, 2.75) is 26.1 Å². The number of alkyl halides is 3. The quantitative estimate of drug-likeness (QED) is 0.891. The van der Waals surface area contributed by atoms with Crippen LogP contribution in [0.2, 0.25) is 0 Å². The summed E-state index contributed by atoms with van der Waals surface area (Å²) in [5.74, 6) is 0.275. The maximum atomic E-state index is 12.6. The maximum Gasteiger partial charge on any atom is 0.416 e. The molecule has 23 heavy (non-hydrogen) atoms. The van der Waals surface area contributed by atoms with E-state index in [0.717, 1.165) is 18.3 Å². The third kappa shape index (κ3) is 4.63. The number of nitrogens with zero attached hydrogens (tertiary/aromatic N) is 3. The molecule has 0 radical (unpaired) electrons. The molecule has 0 spiro atoms. The van der Waals surface area contributed by atoms with Crippen LogP contribution in [0.15, 0.2) is 24.5 Å². The first-order valence-electron chi connectivity index (χ1n) is 6.62. The molecule has 0 saturated heterocycles. The molecule has 6 nitrogen and oxygen atoms in total. The van der Waals surface area contributed by atoms with Crippen LogP contribution in [0.1, 0.15) is 22.6 Å². The topological polar surface area (TPSA) is 93.8 Å². The Bertz CT molecular complexity index is 718. The van der Waals surface area contributed by atoms with E-state index in [-0.39, 0.29) is 24.5 Å². The van der Waals surface area contributed by atoms with Crippen LogP contribution in [0.4, 0.5) is 19.0 Å². The number of halogens is 3. The van der Waals surface area contributed by atoms with Gasteiger partial charge in [0.15, 0.2) is 0 Å². The van der Waals surface area contributed by atoms with E-state index in [4.69, 9.17) is 5.73 Å². The van der Waals surface area contributed by atoms with Crippen molar-refractivity contribution in [2.75, 3.05) is 5.73 Å². The summed E-state index contributed by atoms with van der Waals surface area (Å²) in [5.41, 5.74) is 5.41. The van der Waals surface area contributed by atoms with Crippen molar-refractivity contribution < 1.29 is 18.0 Å². The molecule has 122 valence electrons. The van der Waals surface area contributed by atoms with E-state index in [9.17, 15) is 18.0 Å². The fourth-order valence-electron chi connectivity index (χ4n) is 1.82. The molecule has 9 heteroatoms. The number of rotatable bonds is 4. The second-order valence-electron chi connectivity index (χ2n) is 4.81. The van der Waals surface area contributed by atoms with Gasteiger partial charge in [-0.2, -0.15) is 13.2 Å². The number of pyridine rings is 1. The molecule has 1 amide bonds. The zero-order valence-electron chi connectivity index (χ0n) is 12.2. The molecule has 0 aliphatic carbocycles. The summed E-state index contributed by atoms with van der Waals surface area (Å²) in [6.07, 6.45) is -2.23. The lowest BCUT2D eigenvalue weighted by Crippen LogP contribution is -2.26. The molecule has 2 rings (SSSR count). The van der Waals surface area contributed by atoms with E-state index in [1.165, 1.54) is 6.20 Å². The van der Waals surface area contributed by atoms with Gasteiger partial charge >= 0.3 is 6.18 Å². The lowest BCUT2D eigenvalue weighted by atomic mass is 10.2. The summed E-state index contributed by atoms with van der Waals surface area (Å²) in [7, 11) is 0. The molecular formula is C14H14F3N5O. The van der Waals surface area contributed by atoms with Gasteiger partial charge in [0.25, 0.3) is 0 Å². The molecule has 0 bridgehead atoms. The van der Waals surface area contributed by atoms with E-state index in [1.807, 2.05) is 0 Å². The first-order valence-corrected chi connectivity index (χ1v) is 6.62. The highest BCUT2D eigenvalue weighted by Gasteiger charge is 2.30. The lowest BCUT2D eigenvalue weighted by molar-refractivity contribution is -0.137. The van der Waals surface area contributed by atoms with Crippen molar-refractivity contribution >= 4 is 11.7 Å². The van der Waals surface area contributed by atoms with Gasteiger partial charge in [-0.15, -0.1) is 0 Å². The lowest BCUT2D eigenvalue weighted by Gasteiger charge is -2.09. The van der Waals surface area contributed by atoms with Gasteiger partial charge in [-0.25, -0.2) is 9.97 Å². The highest BCUT2D eigenvalue weighted by Crippen LogP contribution is 2.29. The van der Waals surface area contributed by atoms with E-state index in [1.54, 1.807) is 6.92 Å². The van der Waals surface area contributed by atoms with Gasteiger partial charge in [-0.3, -0.25) is 9.78 Å². The first kappa shape index (κ1) is 16.7. The van der Waals surface area contributed by atoms with Crippen molar-refractivity contribution in [3.8, 4) is 0 Å². The number of nitrogen functional groups attached to an aromatic ring is 1. The molecule has 0 atom stereocenters. The molecule has 2 aromatic rings. The molecule has 0 aliphatic rings.